The summed E-state index contributed by atoms with van der Waals surface area (Å²) in [5.74, 6) is 0. The molecule has 0 aliphatic carbocycles. The summed E-state index contributed by atoms with van der Waals surface area (Å²) in [6.45, 7) is 3.11. The normalized spacial score (nSPS) is 14.1. The number of hydrogen-bond acceptors (Lipinski definition) is 1. The Morgan fingerprint density at radius 3 is 1.93 bits per heavy atom. The van der Waals surface area contributed by atoms with E-state index < -0.39 is 12.3 Å². The molecule has 4 heteroatoms. The number of aryl methyl sites for hydroxylation is 2. The maximum Gasteiger partial charge on any atom is 0.418 e. The van der Waals surface area contributed by atoms with Crippen LogP contribution in [0.15, 0.2) is 18.2 Å². The molecule has 0 bridgehead atoms. The Kier molecular flexibility index (Phi) is 2.85. The van der Waals surface area contributed by atoms with E-state index in [2.05, 4.69) is 0 Å². The first-order valence-corrected chi connectivity index (χ1v) is 4.15. The fourth-order valence-electron chi connectivity index (χ4n) is 1.42. The van der Waals surface area contributed by atoms with Crippen molar-refractivity contribution in [2.45, 2.75) is 26.1 Å². The minimum Gasteiger partial charge on any atom is -0.379 e. The first kappa shape index (κ1) is 11.0. The molecule has 14 heavy (non-hydrogen) atoms. The lowest BCUT2D eigenvalue weighted by Gasteiger charge is -2.18. The van der Waals surface area contributed by atoms with Crippen LogP contribution in [0, 0.1) is 13.8 Å². The first-order valence-electron chi connectivity index (χ1n) is 4.15. The van der Waals surface area contributed by atoms with Gasteiger partial charge in [0.25, 0.3) is 0 Å². The van der Waals surface area contributed by atoms with E-state index in [1.807, 2.05) is 0 Å². The molecule has 1 N–H and O–H groups in total. The van der Waals surface area contributed by atoms with Gasteiger partial charge in [0.1, 0.15) is 0 Å². The fourth-order valence-corrected chi connectivity index (χ4v) is 1.42. The second-order valence-electron chi connectivity index (χ2n) is 3.25. The predicted octanol–water partition coefficient (Wildman–Crippen LogP) is 2.90. The Hall–Kier alpha value is -1.03. The zero-order valence-corrected chi connectivity index (χ0v) is 7.89. The van der Waals surface area contributed by atoms with Crippen molar-refractivity contribution < 1.29 is 18.3 Å². The van der Waals surface area contributed by atoms with E-state index in [0.29, 0.717) is 11.1 Å². The zero-order valence-electron chi connectivity index (χ0n) is 7.89. The zero-order chi connectivity index (χ0) is 10.9. The number of benzene rings is 1. The summed E-state index contributed by atoms with van der Waals surface area (Å²) in [7, 11) is 0. The quantitative estimate of drug-likeness (QED) is 0.745. The van der Waals surface area contributed by atoms with Gasteiger partial charge >= 0.3 is 6.18 Å². The maximum absolute atomic E-state index is 12.2. The van der Waals surface area contributed by atoms with Crippen LogP contribution in [0.1, 0.15) is 22.8 Å². The smallest absolute Gasteiger partial charge is 0.379 e. The molecule has 0 spiro atoms. The Balaban J connectivity index is 3.19. The monoisotopic (exact) mass is 204 g/mol. The average Bonchev–Trinajstić information content (AvgIpc) is 2.01. The molecule has 0 aliphatic rings. The van der Waals surface area contributed by atoms with Crippen molar-refractivity contribution in [3.05, 3.63) is 34.9 Å². The van der Waals surface area contributed by atoms with Gasteiger partial charge in [-0.2, -0.15) is 13.2 Å². The van der Waals surface area contributed by atoms with Gasteiger partial charge in [-0.1, -0.05) is 18.2 Å². The largest absolute Gasteiger partial charge is 0.418 e. The van der Waals surface area contributed by atoms with Crippen LogP contribution in [0.5, 0.6) is 0 Å². The molecular formula is C10H11F3O. The van der Waals surface area contributed by atoms with Crippen molar-refractivity contribution >= 4 is 0 Å². The van der Waals surface area contributed by atoms with Crippen molar-refractivity contribution in [1.82, 2.24) is 0 Å². The number of aliphatic hydroxyl groups excluding tert-OH is 1. The molecule has 1 aromatic carbocycles. The molecule has 1 unspecified atom stereocenters. The molecule has 0 aromatic heterocycles. The third-order valence-electron chi connectivity index (χ3n) is 2.13. The third kappa shape index (κ3) is 2.07. The van der Waals surface area contributed by atoms with Gasteiger partial charge in [-0.3, -0.25) is 0 Å². The fraction of sp³-hybridized carbons (Fsp3) is 0.400. The second kappa shape index (κ2) is 3.61. The number of halogens is 3. The third-order valence-corrected chi connectivity index (χ3v) is 2.13. The van der Waals surface area contributed by atoms with Gasteiger partial charge in [0, 0.05) is 0 Å². The predicted molar refractivity (Wildman–Crippen MR) is 46.9 cm³/mol. The molecule has 1 atom stereocenters. The Morgan fingerprint density at radius 1 is 1.14 bits per heavy atom. The highest BCUT2D eigenvalue weighted by Crippen LogP contribution is 2.35. The van der Waals surface area contributed by atoms with Gasteiger partial charge in [0.2, 0.25) is 0 Å². The number of rotatable bonds is 1. The van der Waals surface area contributed by atoms with E-state index in [9.17, 15) is 13.2 Å². The highest BCUT2D eigenvalue weighted by molar-refractivity contribution is 5.35. The molecule has 0 radical (unpaired) electrons. The molecule has 78 valence electrons. The Morgan fingerprint density at radius 2 is 1.57 bits per heavy atom. The molecule has 1 nitrogen and oxygen atoms in total. The molecule has 1 aromatic rings. The van der Waals surface area contributed by atoms with E-state index in [1.165, 1.54) is 0 Å². The van der Waals surface area contributed by atoms with Gasteiger partial charge in [0.15, 0.2) is 6.10 Å². The lowest BCUT2D eigenvalue weighted by Crippen LogP contribution is -2.21. The van der Waals surface area contributed by atoms with Crippen LogP contribution in [-0.4, -0.2) is 11.3 Å². The van der Waals surface area contributed by atoms with Gasteiger partial charge in [-0.25, -0.2) is 0 Å². The summed E-state index contributed by atoms with van der Waals surface area (Å²) in [6, 6.07) is 4.77. The number of hydrogen-bond donors (Lipinski definition) is 1. The van der Waals surface area contributed by atoms with Crippen molar-refractivity contribution in [2.75, 3.05) is 0 Å². The summed E-state index contributed by atoms with van der Waals surface area (Å²) in [5, 5.41) is 9.09. The summed E-state index contributed by atoms with van der Waals surface area (Å²) < 4.78 is 36.7. The van der Waals surface area contributed by atoms with E-state index in [0.717, 1.165) is 0 Å². The van der Waals surface area contributed by atoms with Crippen LogP contribution in [0.25, 0.3) is 0 Å². The highest BCUT2D eigenvalue weighted by atomic mass is 19.4. The SMILES string of the molecule is Cc1cccc(C)c1C(O)C(F)(F)F. The minimum absolute atomic E-state index is 0.0417. The van der Waals surface area contributed by atoms with Crippen molar-refractivity contribution in [1.29, 1.82) is 0 Å². The summed E-state index contributed by atoms with van der Waals surface area (Å²) in [4.78, 5) is 0. The van der Waals surface area contributed by atoms with Gasteiger partial charge < -0.3 is 5.11 Å². The molecule has 0 fully saturated rings. The van der Waals surface area contributed by atoms with Crippen molar-refractivity contribution in [3.8, 4) is 0 Å². The molecule has 1 rings (SSSR count). The van der Waals surface area contributed by atoms with Crippen LogP contribution in [-0.2, 0) is 0 Å². The average molecular weight is 204 g/mol. The molecule has 0 saturated heterocycles. The van der Waals surface area contributed by atoms with Crippen molar-refractivity contribution in [2.24, 2.45) is 0 Å². The minimum atomic E-state index is -4.60. The van der Waals surface area contributed by atoms with Crippen LogP contribution in [0.2, 0.25) is 0 Å². The lowest BCUT2D eigenvalue weighted by atomic mass is 9.98. The number of alkyl halides is 3. The van der Waals surface area contributed by atoms with Crippen molar-refractivity contribution in [3.63, 3.8) is 0 Å². The van der Waals surface area contributed by atoms with E-state index in [1.54, 1.807) is 32.0 Å². The summed E-state index contributed by atoms with van der Waals surface area (Å²) in [5.41, 5.74) is 0.865. The van der Waals surface area contributed by atoms with Crippen LogP contribution in [0.4, 0.5) is 13.2 Å². The number of aliphatic hydroxyl groups is 1. The molecule has 0 heterocycles. The van der Waals surface area contributed by atoms with Crippen LogP contribution in [0.3, 0.4) is 0 Å². The highest BCUT2D eigenvalue weighted by Gasteiger charge is 2.40. The maximum atomic E-state index is 12.2. The lowest BCUT2D eigenvalue weighted by molar-refractivity contribution is -0.207. The van der Waals surface area contributed by atoms with E-state index in [-0.39, 0.29) is 5.56 Å². The Labute approximate surface area is 80.2 Å². The molecule has 0 aliphatic heterocycles. The van der Waals surface area contributed by atoms with E-state index >= 15 is 0 Å². The second-order valence-corrected chi connectivity index (χ2v) is 3.25. The Bertz CT molecular complexity index is 310. The molecule has 0 saturated carbocycles. The van der Waals surface area contributed by atoms with Gasteiger partial charge in [-0.05, 0) is 30.5 Å². The van der Waals surface area contributed by atoms with Crippen LogP contribution >= 0.6 is 0 Å². The molecule has 0 amide bonds. The van der Waals surface area contributed by atoms with E-state index in [4.69, 9.17) is 5.11 Å². The topological polar surface area (TPSA) is 20.2 Å². The van der Waals surface area contributed by atoms with Gasteiger partial charge in [-0.15, -0.1) is 0 Å². The van der Waals surface area contributed by atoms with Gasteiger partial charge in [0.05, 0.1) is 0 Å². The standard InChI is InChI=1S/C10H11F3O/c1-6-4-3-5-7(2)8(6)9(14)10(11,12)13/h3-5,9,14H,1-2H3. The summed E-state index contributed by atoms with van der Waals surface area (Å²) in [6.07, 6.45) is -6.99. The first-order chi connectivity index (χ1) is 6.34. The van der Waals surface area contributed by atoms with Crippen LogP contribution < -0.4 is 0 Å². The molecular weight excluding hydrogens is 193 g/mol. The summed E-state index contributed by atoms with van der Waals surface area (Å²) >= 11 is 0.